The van der Waals surface area contributed by atoms with Gasteiger partial charge in [-0.05, 0) is 32.4 Å². The van der Waals surface area contributed by atoms with Crippen LogP contribution in [0.5, 0.6) is 0 Å². The maximum Gasteiger partial charge on any atom is 0.128 e. The van der Waals surface area contributed by atoms with Crippen LogP contribution in [-0.2, 0) is 10.8 Å². The fraction of sp³-hybridized carbons (Fsp3) is 0.500. The zero-order valence-electron chi connectivity index (χ0n) is 11.8. The van der Waals surface area contributed by atoms with Crippen LogP contribution in [0.3, 0.4) is 0 Å². The van der Waals surface area contributed by atoms with Crippen LogP contribution >= 0.6 is 23.2 Å². The Bertz CT molecular complexity index is 639. The van der Waals surface area contributed by atoms with Gasteiger partial charge in [0.1, 0.15) is 5.82 Å². The monoisotopic (exact) mass is 332 g/mol. The molecule has 3 unspecified atom stereocenters. The predicted octanol–water partition coefficient (Wildman–Crippen LogP) is 4.32. The number of benzene rings is 1. The summed E-state index contributed by atoms with van der Waals surface area (Å²) in [4.78, 5) is 4.59. The third-order valence-corrected chi connectivity index (χ3v) is 4.62. The molecule has 0 aliphatic heterocycles. The molecule has 0 amide bonds. The lowest BCUT2D eigenvalue weighted by molar-refractivity contribution is 0.523. The minimum atomic E-state index is -0.804. The molecule has 0 saturated heterocycles. The van der Waals surface area contributed by atoms with Gasteiger partial charge in [0.15, 0.2) is 0 Å². The Morgan fingerprint density at radius 2 is 2.10 bits per heavy atom. The second-order valence-corrected chi connectivity index (χ2v) is 7.60. The number of hydrogen-bond donors (Lipinski definition) is 0. The molecule has 1 aromatic carbocycles. The largest absolute Gasteiger partial charge is 0.323 e. The van der Waals surface area contributed by atoms with Crippen molar-refractivity contribution in [2.24, 2.45) is 0 Å². The van der Waals surface area contributed by atoms with Crippen LogP contribution < -0.4 is 0 Å². The summed E-state index contributed by atoms with van der Waals surface area (Å²) in [6.07, 6.45) is 2.52. The molecule has 0 aliphatic carbocycles. The summed E-state index contributed by atoms with van der Waals surface area (Å²) >= 11 is 12.6. The lowest BCUT2D eigenvalue weighted by atomic mass is 10.2. The van der Waals surface area contributed by atoms with Crippen LogP contribution in [0.2, 0.25) is 5.02 Å². The van der Waals surface area contributed by atoms with Gasteiger partial charge in [-0.15, -0.1) is 11.6 Å². The zero-order chi connectivity index (χ0) is 14.9. The van der Waals surface area contributed by atoms with E-state index in [-0.39, 0.29) is 11.4 Å². The summed E-state index contributed by atoms with van der Waals surface area (Å²) in [6, 6.07) is 5.83. The first-order chi connectivity index (χ1) is 9.41. The summed E-state index contributed by atoms with van der Waals surface area (Å²) < 4.78 is 13.4. The molecule has 20 heavy (non-hydrogen) atoms. The first kappa shape index (κ1) is 15.8. The summed E-state index contributed by atoms with van der Waals surface area (Å²) in [6.45, 7) is 3.98. The lowest BCUT2D eigenvalue weighted by Crippen LogP contribution is -2.12. The first-order valence-electron chi connectivity index (χ1n) is 6.52. The number of imidazole rings is 1. The Morgan fingerprint density at radius 3 is 2.70 bits per heavy atom. The second-order valence-electron chi connectivity index (χ2n) is 4.98. The van der Waals surface area contributed by atoms with Gasteiger partial charge in [-0.2, -0.15) is 0 Å². The van der Waals surface area contributed by atoms with Gasteiger partial charge >= 0.3 is 0 Å². The highest BCUT2D eigenvalue weighted by molar-refractivity contribution is 7.84. The van der Waals surface area contributed by atoms with Crippen LogP contribution in [0.15, 0.2) is 18.2 Å². The Labute approximate surface area is 131 Å². The van der Waals surface area contributed by atoms with E-state index in [1.54, 1.807) is 6.26 Å². The number of nitrogens with zero attached hydrogens (tertiary/aromatic N) is 2. The molecule has 0 N–H and O–H groups in total. The van der Waals surface area contributed by atoms with E-state index in [1.807, 2.05) is 25.1 Å². The molecular weight excluding hydrogens is 315 g/mol. The average molecular weight is 333 g/mol. The minimum absolute atomic E-state index is 0.153. The molecular formula is C14H18Cl2N2OS. The molecule has 0 bridgehead atoms. The maximum absolute atomic E-state index is 11.3. The van der Waals surface area contributed by atoms with Gasteiger partial charge in [-0.1, -0.05) is 17.7 Å². The standard InChI is InChI=1S/C14H18Cl2N2OS/c1-9(7-8-20(3)19)18-13-11(16)5-4-6-12(13)17-14(18)10(2)15/h4-6,9-10H,7-8H2,1-3H3. The fourth-order valence-electron chi connectivity index (χ4n) is 2.32. The molecule has 0 fully saturated rings. The van der Waals surface area contributed by atoms with Crippen LogP contribution in [0.1, 0.15) is 37.5 Å². The van der Waals surface area contributed by atoms with E-state index >= 15 is 0 Å². The van der Waals surface area contributed by atoms with E-state index in [0.717, 1.165) is 23.3 Å². The summed E-state index contributed by atoms with van der Waals surface area (Å²) in [7, 11) is -0.804. The smallest absolute Gasteiger partial charge is 0.128 e. The molecule has 3 nitrogen and oxygen atoms in total. The first-order valence-corrected chi connectivity index (χ1v) is 9.06. The van der Waals surface area contributed by atoms with Crippen molar-refractivity contribution in [2.45, 2.75) is 31.7 Å². The van der Waals surface area contributed by atoms with Crippen LogP contribution in [-0.4, -0.2) is 25.8 Å². The highest BCUT2D eigenvalue weighted by Crippen LogP contribution is 2.32. The van der Waals surface area contributed by atoms with Gasteiger partial charge < -0.3 is 4.57 Å². The van der Waals surface area contributed by atoms with Gasteiger partial charge in [-0.25, -0.2) is 4.98 Å². The Kier molecular flexibility index (Phi) is 5.10. The van der Waals surface area contributed by atoms with Gasteiger partial charge in [0.2, 0.25) is 0 Å². The van der Waals surface area contributed by atoms with Crippen molar-refractivity contribution in [1.82, 2.24) is 9.55 Å². The highest BCUT2D eigenvalue weighted by atomic mass is 35.5. The normalized spacial score (nSPS) is 16.2. The number of halogens is 2. The van der Waals surface area contributed by atoms with Crippen LogP contribution in [0, 0.1) is 0 Å². The predicted molar refractivity (Wildman–Crippen MR) is 87.3 cm³/mol. The lowest BCUT2D eigenvalue weighted by Gasteiger charge is -2.18. The molecule has 0 aliphatic rings. The van der Waals surface area contributed by atoms with Crippen molar-refractivity contribution in [3.63, 3.8) is 0 Å². The van der Waals surface area contributed by atoms with E-state index < -0.39 is 10.8 Å². The molecule has 0 radical (unpaired) electrons. The van der Waals surface area contributed by atoms with Crippen molar-refractivity contribution < 1.29 is 4.21 Å². The maximum atomic E-state index is 11.3. The van der Waals surface area contributed by atoms with Crippen LogP contribution in [0.4, 0.5) is 0 Å². The number of para-hydroxylation sites is 1. The van der Waals surface area contributed by atoms with Crippen molar-refractivity contribution in [1.29, 1.82) is 0 Å². The molecule has 1 heterocycles. The molecule has 6 heteroatoms. The van der Waals surface area contributed by atoms with Gasteiger partial charge in [0.05, 0.1) is 21.4 Å². The van der Waals surface area contributed by atoms with E-state index in [1.165, 1.54) is 0 Å². The topological polar surface area (TPSA) is 34.9 Å². The van der Waals surface area contributed by atoms with E-state index in [4.69, 9.17) is 23.2 Å². The summed E-state index contributed by atoms with van der Waals surface area (Å²) in [5.74, 6) is 1.46. The SMILES string of the molecule is CC(Cl)c1nc2cccc(Cl)c2n1C(C)CCS(C)=O. The summed E-state index contributed by atoms with van der Waals surface area (Å²) in [5.41, 5.74) is 1.76. The van der Waals surface area contributed by atoms with Crippen molar-refractivity contribution in [3.8, 4) is 0 Å². The van der Waals surface area contributed by atoms with Crippen LogP contribution in [0.25, 0.3) is 11.0 Å². The van der Waals surface area contributed by atoms with Gasteiger partial charge in [-0.3, -0.25) is 4.21 Å². The van der Waals surface area contributed by atoms with Gasteiger partial charge in [0.25, 0.3) is 0 Å². The third-order valence-electron chi connectivity index (χ3n) is 3.31. The fourth-order valence-corrected chi connectivity index (χ4v) is 3.40. The molecule has 0 spiro atoms. The number of fused-ring (bicyclic) bond motifs is 1. The Morgan fingerprint density at radius 1 is 1.40 bits per heavy atom. The average Bonchev–Trinajstić information content (AvgIpc) is 2.77. The van der Waals surface area contributed by atoms with E-state index in [2.05, 4.69) is 16.5 Å². The molecule has 1 aromatic heterocycles. The molecule has 3 atom stereocenters. The number of rotatable bonds is 5. The Balaban J connectivity index is 2.53. The second kappa shape index (κ2) is 6.46. The van der Waals surface area contributed by atoms with E-state index in [9.17, 15) is 4.21 Å². The number of hydrogen-bond acceptors (Lipinski definition) is 2. The highest BCUT2D eigenvalue weighted by Gasteiger charge is 2.20. The van der Waals surface area contributed by atoms with Crippen molar-refractivity contribution in [2.75, 3.05) is 12.0 Å². The van der Waals surface area contributed by atoms with Gasteiger partial charge in [0, 0.05) is 28.9 Å². The van der Waals surface area contributed by atoms with Crippen molar-refractivity contribution in [3.05, 3.63) is 29.0 Å². The minimum Gasteiger partial charge on any atom is -0.323 e. The summed E-state index contributed by atoms with van der Waals surface area (Å²) in [5, 5.41) is 0.469. The number of alkyl halides is 1. The molecule has 0 saturated carbocycles. The number of aromatic nitrogens is 2. The Hall–Kier alpha value is -0.580. The third kappa shape index (κ3) is 3.18. The quantitative estimate of drug-likeness (QED) is 0.764. The van der Waals surface area contributed by atoms with E-state index in [0.29, 0.717) is 10.8 Å². The molecule has 2 aromatic rings. The molecule has 110 valence electrons. The zero-order valence-corrected chi connectivity index (χ0v) is 14.1. The molecule has 2 rings (SSSR count). The van der Waals surface area contributed by atoms with Crippen molar-refractivity contribution >= 4 is 45.0 Å².